The van der Waals surface area contributed by atoms with E-state index in [-0.39, 0.29) is 5.56 Å². The fraction of sp³-hybridized carbons (Fsp3) is 0.462. The predicted octanol–water partition coefficient (Wildman–Crippen LogP) is 2.68. The Morgan fingerprint density at radius 2 is 2.41 bits per heavy atom. The normalized spacial score (nSPS) is 19.2. The molecule has 1 atom stereocenters. The van der Waals surface area contributed by atoms with Gasteiger partial charge in [-0.3, -0.25) is 0 Å². The van der Waals surface area contributed by atoms with Crippen LogP contribution in [0.2, 0.25) is 0 Å². The van der Waals surface area contributed by atoms with Gasteiger partial charge in [0, 0.05) is 18.3 Å². The molecule has 1 aliphatic rings. The Balaban J connectivity index is 1.84. The van der Waals surface area contributed by atoms with Gasteiger partial charge in [-0.1, -0.05) is 6.07 Å². The Kier molecular flexibility index (Phi) is 4.41. The molecule has 0 saturated carbocycles. The van der Waals surface area contributed by atoms with Crippen molar-refractivity contribution in [1.29, 1.82) is 5.26 Å². The summed E-state index contributed by atoms with van der Waals surface area (Å²) in [6, 6.07) is 6.56. The third-order valence-corrected chi connectivity index (χ3v) is 4.27. The molecule has 0 spiro atoms. The smallest absolute Gasteiger partial charge is 0.140 e. The first kappa shape index (κ1) is 12.4. The van der Waals surface area contributed by atoms with Gasteiger partial charge in [-0.25, -0.2) is 4.39 Å². The second-order valence-corrected chi connectivity index (χ2v) is 5.60. The minimum Gasteiger partial charge on any atom is -0.312 e. The van der Waals surface area contributed by atoms with Gasteiger partial charge in [-0.2, -0.15) is 17.0 Å². The number of halogens is 1. The second kappa shape index (κ2) is 6.04. The van der Waals surface area contributed by atoms with Gasteiger partial charge in [-0.05, 0) is 36.3 Å². The molecule has 90 valence electrons. The molecule has 1 heterocycles. The van der Waals surface area contributed by atoms with Gasteiger partial charge in [0.1, 0.15) is 11.9 Å². The number of nitrogens with zero attached hydrogens (tertiary/aromatic N) is 1. The molecule has 1 saturated heterocycles. The molecule has 1 unspecified atom stereocenters. The number of nitriles is 1. The number of benzene rings is 1. The Hall–Kier alpha value is -1.05. The van der Waals surface area contributed by atoms with E-state index in [0.29, 0.717) is 11.8 Å². The van der Waals surface area contributed by atoms with Gasteiger partial charge in [0.15, 0.2) is 0 Å². The van der Waals surface area contributed by atoms with Crippen molar-refractivity contribution < 1.29 is 4.39 Å². The van der Waals surface area contributed by atoms with E-state index >= 15 is 0 Å². The van der Waals surface area contributed by atoms with E-state index in [9.17, 15) is 4.39 Å². The van der Waals surface area contributed by atoms with Crippen molar-refractivity contribution >= 4 is 11.8 Å². The number of hydrogen-bond acceptors (Lipinski definition) is 3. The van der Waals surface area contributed by atoms with Crippen LogP contribution in [0.1, 0.15) is 24.0 Å². The molecule has 17 heavy (non-hydrogen) atoms. The maximum atomic E-state index is 13.1. The van der Waals surface area contributed by atoms with E-state index in [0.717, 1.165) is 12.1 Å². The van der Waals surface area contributed by atoms with E-state index in [2.05, 4.69) is 5.32 Å². The summed E-state index contributed by atoms with van der Waals surface area (Å²) in [6.07, 6.45) is 2.59. The average Bonchev–Trinajstić information content (AvgIpc) is 2.84. The van der Waals surface area contributed by atoms with Crippen LogP contribution in [0.3, 0.4) is 0 Å². The molecule has 0 radical (unpaired) electrons. The molecular formula is C13H15FN2S. The number of rotatable bonds is 4. The number of nitrogens with one attached hydrogen (secondary N) is 1. The van der Waals surface area contributed by atoms with Crippen LogP contribution in [0.25, 0.3) is 0 Å². The lowest BCUT2D eigenvalue weighted by Crippen LogP contribution is -2.22. The molecule has 1 fully saturated rings. The second-order valence-electron chi connectivity index (χ2n) is 4.19. The van der Waals surface area contributed by atoms with Crippen LogP contribution < -0.4 is 5.32 Å². The van der Waals surface area contributed by atoms with Crippen LogP contribution in [0.5, 0.6) is 0 Å². The van der Waals surface area contributed by atoms with Crippen molar-refractivity contribution in [2.45, 2.75) is 24.6 Å². The van der Waals surface area contributed by atoms with Crippen molar-refractivity contribution in [1.82, 2.24) is 5.32 Å². The zero-order valence-corrected chi connectivity index (χ0v) is 10.4. The van der Waals surface area contributed by atoms with Gasteiger partial charge in [0.25, 0.3) is 0 Å². The number of thioether (sulfide) groups is 1. The van der Waals surface area contributed by atoms with Gasteiger partial charge in [0.05, 0.1) is 5.56 Å². The molecule has 1 aliphatic heterocycles. The summed E-state index contributed by atoms with van der Waals surface area (Å²) in [4.78, 5) is 0. The van der Waals surface area contributed by atoms with Gasteiger partial charge >= 0.3 is 0 Å². The highest BCUT2D eigenvalue weighted by Crippen LogP contribution is 2.25. The van der Waals surface area contributed by atoms with Crippen LogP contribution in [-0.2, 0) is 6.54 Å². The van der Waals surface area contributed by atoms with E-state index < -0.39 is 5.82 Å². The first-order chi connectivity index (χ1) is 8.29. The number of hydrogen-bond donors (Lipinski definition) is 1. The monoisotopic (exact) mass is 250 g/mol. The summed E-state index contributed by atoms with van der Waals surface area (Å²) >= 11 is 2.01. The maximum Gasteiger partial charge on any atom is 0.140 e. The van der Waals surface area contributed by atoms with E-state index in [1.165, 1.54) is 24.7 Å². The molecule has 0 aromatic heterocycles. The van der Waals surface area contributed by atoms with Crippen LogP contribution >= 0.6 is 11.8 Å². The predicted molar refractivity (Wildman–Crippen MR) is 68.3 cm³/mol. The lowest BCUT2D eigenvalue weighted by Gasteiger charge is -2.10. The van der Waals surface area contributed by atoms with E-state index in [1.54, 1.807) is 12.1 Å². The quantitative estimate of drug-likeness (QED) is 0.892. The van der Waals surface area contributed by atoms with Crippen molar-refractivity contribution in [2.75, 3.05) is 12.3 Å². The zero-order chi connectivity index (χ0) is 12.1. The molecule has 0 aliphatic carbocycles. The molecule has 0 bridgehead atoms. The molecule has 2 nitrogen and oxygen atoms in total. The van der Waals surface area contributed by atoms with Crippen LogP contribution in [0, 0.1) is 17.1 Å². The highest BCUT2D eigenvalue weighted by molar-refractivity contribution is 8.00. The summed E-state index contributed by atoms with van der Waals surface area (Å²) in [5.41, 5.74) is 1.09. The van der Waals surface area contributed by atoms with Crippen molar-refractivity contribution in [3.8, 4) is 6.07 Å². The molecular weight excluding hydrogens is 235 g/mol. The summed E-state index contributed by atoms with van der Waals surface area (Å²) in [6.45, 7) is 1.69. The highest BCUT2D eigenvalue weighted by atomic mass is 32.2. The van der Waals surface area contributed by atoms with Crippen LogP contribution in [-0.4, -0.2) is 17.5 Å². The molecule has 0 amide bonds. The minimum absolute atomic E-state index is 0.125. The van der Waals surface area contributed by atoms with Crippen molar-refractivity contribution in [2.24, 2.45) is 0 Å². The molecule has 1 N–H and O–H groups in total. The van der Waals surface area contributed by atoms with Gasteiger partial charge < -0.3 is 5.32 Å². The maximum absolute atomic E-state index is 13.1. The third kappa shape index (κ3) is 3.45. The Morgan fingerprint density at radius 3 is 3.12 bits per heavy atom. The van der Waals surface area contributed by atoms with Crippen molar-refractivity contribution in [3.05, 3.63) is 35.1 Å². The fourth-order valence-electron chi connectivity index (χ4n) is 1.95. The Morgan fingerprint density at radius 1 is 1.53 bits per heavy atom. The van der Waals surface area contributed by atoms with Crippen LogP contribution in [0.15, 0.2) is 18.2 Å². The zero-order valence-electron chi connectivity index (χ0n) is 9.58. The average molecular weight is 250 g/mol. The molecule has 2 rings (SSSR count). The van der Waals surface area contributed by atoms with Crippen LogP contribution in [0.4, 0.5) is 4.39 Å². The first-order valence-electron chi connectivity index (χ1n) is 5.80. The molecule has 4 heteroatoms. The topological polar surface area (TPSA) is 35.8 Å². The Labute approximate surface area is 105 Å². The van der Waals surface area contributed by atoms with Gasteiger partial charge in [-0.15, -0.1) is 0 Å². The summed E-state index contributed by atoms with van der Waals surface area (Å²) in [7, 11) is 0. The highest BCUT2D eigenvalue weighted by Gasteiger charge is 2.14. The standard InChI is InChI=1S/C13H15FN2S/c14-13-4-3-10(6-11(13)7-15)8-16-9-12-2-1-5-17-12/h3-4,6,12,16H,1-2,5,8-9H2. The lowest BCUT2D eigenvalue weighted by molar-refractivity contribution is 0.618. The summed E-state index contributed by atoms with van der Waals surface area (Å²) in [5, 5.41) is 12.8. The SMILES string of the molecule is N#Cc1cc(CNCC2CCCS2)ccc1F. The minimum atomic E-state index is -0.442. The fourth-order valence-corrected chi connectivity index (χ4v) is 3.19. The van der Waals surface area contributed by atoms with E-state index in [4.69, 9.17) is 5.26 Å². The molecule has 1 aromatic rings. The first-order valence-corrected chi connectivity index (χ1v) is 6.85. The molecule has 1 aromatic carbocycles. The summed E-state index contributed by atoms with van der Waals surface area (Å²) in [5.74, 6) is 0.823. The largest absolute Gasteiger partial charge is 0.312 e. The third-order valence-electron chi connectivity index (χ3n) is 2.88. The van der Waals surface area contributed by atoms with Crippen molar-refractivity contribution in [3.63, 3.8) is 0 Å². The van der Waals surface area contributed by atoms with E-state index in [1.807, 2.05) is 17.8 Å². The van der Waals surface area contributed by atoms with Gasteiger partial charge in [0.2, 0.25) is 0 Å². The lowest BCUT2D eigenvalue weighted by atomic mass is 10.1. The Bertz CT molecular complexity index is 422. The summed E-state index contributed by atoms with van der Waals surface area (Å²) < 4.78 is 13.1.